The zero-order valence-electron chi connectivity index (χ0n) is 13.9. The Hall–Kier alpha value is -2.99. The Balaban J connectivity index is 2.25. The molecule has 3 rings (SSSR count). The molecule has 1 atom stereocenters. The lowest BCUT2D eigenvalue weighted by molar-refractivity contribution is -0.312. The molecule has 0 aliphatic heterocycles. The van der Waals surface area contributed by atoms with Crippen LogP contribution in [0, 0.1) is 0 Å². The summed E-state index contributed by atoms with van der Waals surface area (Å²) < 4.78 is 16.3. The van der Waals surface area contributed by atoms with Crippen molar-refractivity contribution < 1.29 is 23.8 Å². The minimum absolute atomic E-state index is 0.112. The predicted molar refractivity (Wildman–Crippen MR) is 94.6 cm³/mol. The van der Waals surface area contributed by atoms with Gasteiger partial charge in [-0.2, -0.15) is 0 Å². The molecule has 0 spiro atoms. The Labute approximate surface area is 153 Å². The second kappa shape index (κ2) is 7.09. The largest absolute Gasteiger partial charge is 0.546 e. The van der Waals surface area contributed by atoms with Crippen molar-refractivity contribution in [3.63, 3.8) is 0 Å². The van der Waals surface area contributed by atoms with E-state index in [-0.39, 0.29) is 16.9 Å². The minimum Gasteiger partial charge on any atom is -0.546 e. The fourth-order valence-electron chi connectivity index (χ4n) is 2.41. The van der Waals surface area contributed by atoms with Gasteiger partial charge in [0.25, 0.3) is 0 Å². The van der Waals surface area contributed by atoms with E-state index in [9.17, 15) is 14.7 Å². The second-order valence-corrected chi connectivity index (χ2v) is 5.97. The number of hydrogen-bond acceptors (Lipinski definition) is 6. The number of carbonyl (C=O) groups excluding carboxylic acids is 1. The molecule has 0 radical (unpaired) electrons. The van der Waals surface area contributed by atoms with Crippen LogP contribution >= 0.6 is 11.6 Å². The van der Waals surface area contributed by atoms with Gasteiger partial charge in [0.1, 0.15) is 17.4 Å². The van der Waals surface area contributed by atoms with Gasteiger partial charge in [0.05, 0.1) is 18.5 Å². The van der Waals surface area contributed by atoms with Crippen LogP contribution in [-0.4, -0.2) is 19.2 Å². The van der Waals surface area contributed by atoms with Crippen molar-refractivity contribution in [2.24, 2.45) is 0 Å². The van der Waals surface area contributed by atoms with E-state index in [2.05, 4.69) is 0 Å². The molecule has 0 bridgehead atoms. The molecule has 0 fully saturated rings. The topological polar surface area (TPSA) is 88.8 Å². The molecule has 0 unspecified atom stereocenters. The van der Waals surface area contributed by atoms with Crippen molar-refractivity contribution in [1.82, 2.24) is 0 Å². The first kappa shape index (κ1) is 17.8. The number of benzene rings is 2. The number of carbonyl (C=O) groups is 1. The molecule has 1 heterocycles. The summed E-state index contributed by atoms with van der Waals surface area (Å²) >= 11 is 5.95. The standard InChI is InChI=1S/C19H15ClO6/c1-10(19(22)23)25-18-16(21)14-9-12(20)5-8-15(14)26-17(18)11-3-6-13(24-2)7-4-11/h3-10H,1-2H3,(H,22,23)/p-1/t10-/m1/s1. The number of fused-ring (bicyclic) bond motifs is 1. The highest BCUT2D eigenvalue weighted by molar-refractivity contribution is 6.31. The molecule has 26 heavy (non-hydrogen) atoms. The summed E-state index contributed by atoms with van der Waals surface area (Å²) in [6.07, 6.45) is -1.34. The van der Waals surface area contributed by atoms with E-state index in [0.717, 1.165) is 0 Å². The predicted octanol–water partition coefficient (Wildman–Crippen LogP) is 2.64. The van der Waals surface area contributed by atoms with Crippen molar-refractivity contribution in [3.8, 4) is 22.8 Å². The van der Waals surface area contributed by atoms with E-state index in [4.69, 9.17) is 25.5 Å². The van der Waals surface area contributed by atoms with Crippen molar-refractivity contribution in [2.75, 3.05) is 7.11 Å². The number of rotatable bonds is 5. The van der Waals surface area contributed by atoms with Gasteiger partial charge in [-0.1, -0.05) is 11.6 Å². The van der Waals surface area contributed by atoms with Gasteiger partial charge in [-0.15, -0.1) is 0 Å². The van der Waals surface area contributed by atoms with Crippen LogP contribution in [0.25, 0.3) is 22.3 Å². The quantitative estimate of drug-likeness (QED) is 0.683. The van der Waals surface area contributed by atoms with Gasteiger partial charge in [-0.05, 0) is 49.4 Å². The van der Waals surface area contributed by atoms with Crippen LogP contribution in [0.15, 0.2) is 51.7 Å². The van der Waals surface area contributed by atoms with Gasteiger partial charge in [-0.25, -0.2) is 0 Å². The smallest absolute Gasteiger partial charge is 0.235 e. The van der Waals surface area contributed by atoms with Crippen LogP contribution in [0.2, 0.25) is 5.02 Å². The number of methoxy groups -OCH3 is 1. The maximum Gasteiger partial charge on any atom is 0.235 e. The van der Waals surface area contributed by atoms with Gasteiger partial charge in [0.15, 0.2) is 5.76 Å². The third kappa shape index (κ3) is 3.36. The van der Waals surface area contributed by atoms with Gasteiger partial charge in [0.2, 0.25) is 11.2 Å². The van der Waals surface area contributed by atoms with E-state index < -0.39 is 17.5 Å². The first-order valence-corrected chi connectivity index (χ1v) is 8.07. The van der Waals surface area contributed by atoms with E-state index in [0.29, 0.717) is 21.9 Å². The summed E-state index contributed by atoms with van der Waals surface area (Å²) in [6, 6.07) is 11.3. The summed E-state index contributed by atoms with van der Waals surface area (Å²) in [5.41, 5.74) is 0.312. The summed E-state index contributed by atoms with van der Waals surface area (Å²) in [4.78, 5) is 23.9. The Morgan fingerprint density at radius 2 is 1.88 bits per heavy atom. The normalized spacial score (nSPS) is 12.0. The van der Waals surface area contributed by atoms with Crippen molar-refractivity contribution in [3.05, 3.63) is 57.7 Å². The molecule has 134 valence electrons. The minimum atomic E-state index is -1.45. The summed E-state index contributed by atoms with van der Waals surface area (Å²) in [5.74, 6) is -0.937. The first-order chi connectivity index (χ1) is 12.4. The number of hydrogen-bond donors (Lipinski definition) is 0. The fourth-order valence-corrected chi connectivity index (χ4v) is 2.59. The number of carboxylic acid groups (broad SMARTS) is 1. The maximum absolute atomic E-state index is 12.9. The average Bonchev–Trinajstić information content (AvgIpc) is 2.64. The summed E-state index contributed by atoms with van der Waals surface area (Å²) in [5, 5.41) is 11.6. The fraction of sp³-hybridized carbons (Fsp3) is 0.158. The molecular formula is C19H14ClO6-. The van der Waals surface area contributed by atoms with E-state index in [1.54, 1.807) is 36.4 Å². The molecule has 6 nitrogen and oxygen atoms in total. The lowest BCUT2D eigenvalue weighted by Gasteiger charge is -2.17. The van der Waals surface area contributed by atoms with E-state index in [1.807, 2.05) is 0 Å². The van der Waals surface area contributed by atoms with E-state index >= 15 is 0 Å². The number of carboxylic acids is 1. The van der Waals surface area contributed by atoms with Crippen molar-refractivity contribution >= 4 is 28.5 Å². The second-order valence-electron chi connectivity index (χ2n) is 5.54. The molecule has 2 aromatic carbocycles. The maximum atomic E-state index is 12.9. The van der Waals surface area contributed by atoms with Gasteiger partial charge < -0.3 is 23.8 Å². The number of ether oxygens (including phenoxy) is 2. The van der Waals surface area contributed by atoms with Crippen LogP contribution in [0.5, 0.6) is 11.5 Å². The highest BCUT2D eigenvalue weighted by atomic mass is 35.5. The van der Waals surface area contributed by atoms with Crippen LogP contribution < -0.4 is 20.0 Å². The third-order valence-corrected chi connectivity index (χ3v) is 4.02. The van der Waals surface area contributed by atoms with Crippen LogP contribution in [0.4, 0.5) is 0 Å². The molecule has 3 aromatic rings. The highest BCUT2D eigenvalue weighted by Gasteiger charge is 2.20. The Bertz CT molecular complexity index is 1020. The molecular weight excluding hydrogens is 360 g/mol. The van der Waals surface area contributed by atoms with Gasteiger partial charge >= 0.3 is 0 Å². The molecule has 7 heteroatoms. The lowest BCUT2D eigenvalue weighted by atomic mass is 10.1. The molecule has 0 N–H and O–H groups in total. The van der Waals surface area contributed by atoms with Crippen LogP contribution in [0.3, 0.4) is 0 Å². The van der Waals surface area contributed by atoms with E-state index in [1.165, 1.54) is 20.1 Å². The zero-order valence-corrected chi connectivity index (χ0v) is 14.7. The monoisotopic (exact) mass is 373 g/mol. The number of aliphatic carboxylic acids is 1. The Morgan fingerprint density at radius 1 is 1.19 bits per heavy atom. The van der Waals surface area contributed by atoms with Gasteiger partial charge in [0, 0.05) is 10.6 Å². The Kier molecular flexibility index (Phi) is 4.86. The molecule has 0 aliphatic rings. The lowest BCUT2D eigenvalue weighted by Crippen LogP contribution is -2.38. The number of halogens is 1. The molecule has 0 aliphatic carbocycles. The summed E-state index contributed by atoms with van der Waals surface area (Å²) in [7, 11) is 1.53. The Morgan fingerprint density at radius 3 is 2.50 bits per heavy atom. The molecule has 1 aromatic heterocycles. The van der Waals surface area contributed by atoms with Crippen LogP contribution in [-0.2, 0) is 4.79 Å². The van der Waals surface area contributed by atoms with Crippen LogP contribution in [0.1, 0.15) is 6.92 Å². The van der Waals surface area contributed by atoms with Gasteiger partial charge in [-0.3, -0.25) is 4.79 Å². The highest BCUT2D eigenvalue weighted by Crippen LogP contribution is 2.33. The molecule has 0 amide bonds. The van der Waals surface area contributed by atoms with Crippen molar-refractivity contribution in [1.29, 1.82) is 0 Å². The average molecular weight is 374 g/mol. The summed E-state index contributed by atoms with van der Waals surface area (Å²) in [6.45, 7) is 1.27. The third-order valence-electron chi connectivity index (χ3n) is 3.79. The first-order valence-electron chi connectivity index (χ1n) is 7.69. The zero-order chi connectivity index (χ0) is 18.8. The SMILES string of the molecule is COc1ccc(-c2oc3ccc(Cl)cc3c(=O)c2O[C@H](C)C(=O)[O-])cc1. The molecule has 0 saturated heterocycles. The van der Waals surface area contributed by atoms with Crippen molar-refractivity contribution in [2.45, 2.75) is 13.0 Å². The molecule has 0 saturated carbocycles.